The zero-order valence-electron chi connectivity index (χ0n) is 14.0. The van der Waals surface area contributed by atoms with Crippen LogP contribution in [0.2, 0.25) is 0 Å². The number of thiazole rings is 1. The Balaban J connectivity index is 2.01. The molecule has 0 spiro atoms. The molecule has 0 unspecified atom stereocenters. The quantitative estimate of drug-likeness (QED) is 0.486. The van der Waals surface area contributed by atoms with Gasteiger partial charge in [-0.15, -0.1) is 11.3 Å². The number of rotatable bonds is 4. The summed E-state index contributed by atoms with van der Waals surface area (Å²) in [6.45, 7) is 4.16. The highest BCUT2D eigenvalue weighted by molar-refractivity contribution is 7.11. The van der Waals surface area contributed by atoms with Crippen molar-refractivity contribution in [1.82, 2.24) is 15.6 Å². The van der Waals surface area contributed by atoms with Crippen LogP contribution in [0.3, 0.4) is 0 Å². The van der Waals surface area contributed by atoms with Crippen LogP contribution < -0.4 is 10.6 Å². The highest BCUT2D eigenvalue weighted by Crippen LogP contribution is 2.32. The second kappa shape index (κ2) is 7.81. The van der Waals surface area contributed by atoms with Crippen LogP contribution in [-0.2, 0) is 19.3 Å². The van der Waals surface area contributed by atoms with Crippen molar-refractivity contribution >= 4 is 17.3 Å². The predicted molar refractivity (Wildman–Crippen MR) is 90.0 cm³/mol. The molecule has 0 fully saturated rings. The Bertz CT molecular complexity index is 748. The molecule has 0 amide bonds. The van der Waals surface area contributed by atoms with Crippen molar-refractivity contribution in [3.8, 4) is 0 Å². The molecule has 136 valence electrons. The summed E-state index contributed by atoms with van der Waals surface area (Å²) < 4.78 is 52.1. The van der Waals surface area contributed by atoms with Crippen molar-refractivity contribution in [2.75, 3.05) is 7.05 Å². The van der Waals surface area contributed by atoms with Gasteiger partial charge in [-0.05, 0) is 31.5 Å². The van der Waals surface area contributed by atoms with Crippen LogP contribution in [0.4, 0.5) is 17.6 Å². The molecule has 1 heterocycles. The van der Waals surface area contributed by atoms with Gasteiger partial charge in [-0.2, -0.15) is 13.2 Å². The molecule has 0 atom stereocenters. The fourth-order valence-electron chi connectivity index (χ4n) is 2.14. The molecule has 1 aromatic carbocycles. The van der Waals surface area contributed by atoms with E-state index in [9.17, 15) is 17.6 Å². The molecule has 9 heteroatoms. The summed E-state index contributed by atoms with van der Waals surface area (Å²) in [5.74, 6) is -0.587. The van der Waals surface area contributed by atoms with Crippen LogP contribution in [-0.4, -0.2) is 18.0 Å². The first-order valence-electron chi connectivity index (χ1n) is 7.43. The second-order valence-corrected chi connectivity index (χ2v) is 6.62. The fourth-order valence-corrected chi connectivity index (χ4v) is 3.01. The number of halogens is 4. The van der Waals surface area contributed by atoms with E-state index in [0.717, 1.165) is 27.7 Å². The molecule has 0 saturated heterocycles. The van der Waals surface area contributed by atoms with Crippen molar-refractivity contribution in [1.29, 1.82) is 0 Å². The van der Waals surface area contributed by atoms with Crippen LogP contribution in [0.25, 0.3) is 0 Å². The minimum absolute atomic E-state index is 0.0576. The Kier molecular flexibility index (Phi) is 5.99. The molecule has 2 N–H and O–H groups in total. The third-order valence-corrected chi connectivity index (χ3v) is 4.60. The van der Waals surface area contributed by atoms with E-state index in [2.05, 4.69) is 20.6 Å². The van der Waals surface area contributed by atoms with Gasteiger partial charge in [-0.1, -0.05) is 6.07 Å². The second-order valence-electron chi connectivity index (χ2n) is 5.33. The topological polar surface area (TPSA) is 49.3 Å². The van der Waals surface area contributed by atoms with E-state index in [1.54, 1.807) is 11.3 Å². The summed E-state index contributed by atoms with van der Waals surface area (Å²) in [5, 5.41) is 6.66. The van der Waals surface area contributed by atoms with Crippen LogP contribution in [0, 0.1) is 19.7 Å². The number of aryl methyl sites for hydroxylation is 2. The molecule has 0 bridgehead atoms. The van der Waals surface area contributed by atoms with Gasteiger partial charge >= 0.3 is 6.18 Å². The fraction of sp³-hybridized carbons (Fsp3) is 0.375. The Morgan fingerprint density at radius 1 is 1.20 bits per heavy atom. The van der Waals surface area contributed by atoms with Gasteiger partial charge in [0, 0.05) is 18.5 Å². The number of nitrogens with zero attached hydrogens (tertiary/aromatic N) is 2. The van der Waals surface area contributed by atoms with Crippen LogP contribution in [0.5, 0.6) is 0 Å². The molecule has 4 nitrogen and oxygen atoms in total. The normalized spacial score (nSPS) is 12.4. The van der Waals surface area contributed by atoms with Crippen LogP contribution in [0.1, 0.15) is 26.7 Å². The Morgan fingerprint density at radius 3 is 2.44 bits per heavy atom. The van der Waals surface area contributed by atoms with Crippen molar-refractivity contribution in [2.24, 2.45) is 4.99 Å². The summed E-state index contributed by atoms with van der Waals surface area (Å²) in [7, 11) is 1.52. The number of benzene rings is 1. The van der Waals surface area contributed by atoms with Gasteiger partial charge in [-0.25, -0.2) is 9.37 Å². The number of guanidine groups is 1. The summed E-state index contributed by atoms with van der Waals surface area (Å²) in [6.07, 6.45) is -4.62. The van der Waals surface area contributed by atoms with Gasteiger partial charge in [0.1, 0.15) is 10.8 Å². The maximum Gasteiger partial charge on any atom is 0.416 e. The predicted octanol–water partition coefficient (Wildman–Crippen LogP) is 3.78. The van der Waals surface area contributed by atoms with E-state index < -0.39 is 17.6 Å². The minimum Gasteiger partial charge on any atom is -0.352 e. The van der Waals surface area contributed by atoms with Gasteiger partial charge in [0.2, 0.25) is 0 Å². The first-order chi connectivity index (χ1) is 11.7. The van der Waals surface area contributed by atoms with Gasteiger partial charge in [0.25, 0.3) is 0 Å². The van der Waals surface area contributed by atoms with E-state index in [-0.39, 0.29) is 12.1 Å². The molecule has 2 aromatic rings. The number of aliphatic imine (C=N–C) groups is 1. The van der Waals surface area contributed by atoms with Crippen molar-refractivity contribution in [3.05, 3.63) is 50.7 Å². The number of alkyl halides is 3. The van der Waals surface area contributed by atoms with E-state index in [1.165, 1.54) is 7.05 Å². The molecule has 0 aliphatic heterocycles. The number of hydrogen-bond acceptors (Lipinski definition) is 3. The van der Waals surface area contributed by atoms with E-state index >= 15 is 0 Å². The summed E-state index contributed by atoms with van der Waals surface area (Å²) in [5.41, 5.74) is -0.106. The third kappa shape index (κ3) is 5.15. The molecule has 0 radical (unpaired) electrons. The zero-order chi connectivity index (χ0) is 18.6. The SMILES string of the molecule is CN=C(NCc1nc(C)c(C)s1)NCc1ccc(F)cc1C(F)(F)F. The smallest absolute Gasteiger partial charge is 0.352 e. The molecule has 1 aromatic heterocycles. The van der Waals surface area contributed by atoms with E-state index in [4.69, 9.17) is 0 Å². The minimum atomic E-state index is -4.62. The lowest BCUT2D eigenvalue weighted by Crippen LogP contribution is -2.36. The first-order valence-corrected chi connectivity index (χ1v) is 8.25. The largest absolute Gasteiger partial charge is 0.416 e. The number of nitrogens with one attached hydrogen (secondary N) is 2. The zero-order valence-corrected chi connectivity index (χ0v) is 14.8. The molecule has 2 rings (SSSR count). The lowest BCUT2D eigenvalue weighted by Gasteiger charge is -2.15. The average molecular weight is 374 g/mol. The summed E-state index contributed by atoms with van der Waals surface area (Å²) in [6, 6.07) is 2.61. The van der Waals surface area contributed by atoms with Crippen LogP contribution >= 0.6 is 11.3 Å². The van der Waals surface area contributed by atoms with Crippen molar-refractivity contribution in [3.63, 3.8) is 0 Å². The molecular weight excluding hydrogens is 356 g/mol. The maximum absolute atomic E-state index is 13.1. The Morgan fingerprint density at radius 2 is 1.88 bits per heavy atom. The number of hydrogen-bond donors (Lipinski definition) is 2. The van der Waals surface area contributed by atoms with Crippen molar-refractivity contribution < 1.29 is 17.6 Å². The Hall–Kier alpha value is -2.16. The number of aromatic nitrogens is 1. The maximum atomic E-state index is 13.1. The standard InChI is InChI=1S/C16H18F4N4S/c1-9-10(2)25-14(24-9)8-23-15(21-3)22-7-11-4-5-12(17)6-13(11)16(18,19)20/h4-6H,7-8H2,1-3H3,(H2,21,22,23). The van der Waals surface area contributed by atoms with Gasteiger partial charge in [0.15, 0.2) is 5.96 Å². The molecule has 0 saturated carbocycles. The highest BCUT2D eigenvalue weighted by atomic mass is 32.1. The van der Waals surface area contributed by atoms with Crippen LogP contribution in [0.15, 0.2) is 23.2 Å². The molecule has 0 aliphatic carbocycles. The van der Waals surface area contributed by atoms with Crippen molar-refractivity contribution in [2.45, 2.75) is 33.1 Å². The third-order valence-electron chi connectivity index (χ3n) is 3.53. The van der Waals surface area contributed by atoms with Gasteiger partial charge in [-0.3, -0.25) is 4.99 Å². The lowest BCUT2D eigenvalue weighted by atomic mass is 10.1. The van der Waals surface area contributed by atoms with Gasteiger partial charge < -0.3 is 10.6 Å². The molecular formula is C16H18F4N4S. The summed E-state index contributed by atoms with van der Waals surface area (Å²) in [4.78, 5) is 9.46. The highest BCUT2D eigenvalue weighted by Gasteiger charge is 2.33. The Labute approximate surface area is 147 Å². The van der Waals surface area contributed by atoms with E-state index in [0.29, 0.717) is 18.6 Å². The van der Waals surface area contributed by atoms with Gasteiger partial charge in [0.05, 0.1) is 17.8 Å². The summed E-state index contributed by atoms with van der Waals surface area (Å²) >= 11 is 1.54. The molecule has 0 aliphatic rings. The average Bonchev–Trinajstić information content (AvgIpc) is 2.86. The lowest BCUT2D eigenvalue weighted by molar-refractivity contribution is -0.138. The first kappa shape index (κ1) is 19.2. The van der Waals surface area contributed by atoms with E-state index in [1.807, 2.05) is 13.8 Å². The monoisotopic (exact) mass is 374 g/mol. The molecule has 25 heavy (non-hydrogen) atoms.